The molecular weight excluding hydrogens is 184 g/mol. The maximum atomic E-state index is 7.53. The predicted octanol–water partition coefficient (Wildman–Crippen LogP) is 3.81. The van der Waals surface area contributed by atoms with Crippen molar-refractivity contribution in [1.82, 2.24) is 0 Å². The highest BCUT2D eigenvalue weighted by molar-refractivity contribution is 6.01. The summed E-state index contributed by atoms with van der Waals surface area (Å²) in [6.07, 6.45) is 0. The van der Waals surface area contributed by atoms with Crippen LogP contribution in [0.4, 0.5) is 5.69 Å². The Kier molecular flexibility index (Phi) is 5.68. The Morgan fingerprint density at radius 1 is 1.27 bits per heavy atom. The van der Waals surface area contributed by atoms with Crippen molar-refractivity contribution in [1.29, 1.82) is 5.41 Å². The van der Waals surface area contributed by atoms with E-state index in [2.05, 4.69) is 13.8 Å². The van der Waals surface area contributed by atoms with E-state index in [9.17, 15) is 0 Å². The van der Waals surface area contributed by atoms with Crippen LogP contribution in [0.2, 0.25) is 0 Å². The smallest absolute Gasteiger partial charge is 0.0405 e. The summed E-state index contributed by atoms with van der Waals surface area (Å²) < 4.78 is 0. The lowest BCUT2D eigenvalue weighted by Crippen LogP contribution is -2.01. The summed E-state index contributed by atoms with van der Waals surface area (Å²) in [4.78, 5) is 0. The van der Waals surface area contributed by atoms with Crippen LogP contribution in [0, 0.1) is 5.41 Å². The SMILES string of the molecule is CC.CC(=N)c1cc(C(C)C)ccc1N. The van der Waals surface area contributed by atoms with E-state index in [1.54, 1.807) is 6.92 Å². The summed E-state index contributed by atoms with van der Waals surface area (Å²) in [7, 11) is 0. The highest BCUT2D eigenvalue weighted by Crippen LogP contribution is 2.20. The molecule has 0 amide bonds. The first-order chi connectivity index (χ1) is 7.02. The largest absolute Gasteiger partial charge is 0.398 e. The minimum absolute atomic E-state index is 0.485. The molecule has 1 aromatic rings. The fraction of sp³-hybridized carbons (Fsp3) is 0.462. The Bertz CT molecular complexity index is 327. The molecule has 3 N–H and O–H groups in total. The lowest BCUT2D eigenvalue weighted by molar-refractivity contribution is 0.866. The first kappa shape index (κ1) is 13.7. The van der Waals surface area contributed by atoms with Crippen LogP contribution in [0.25, 0.3) is 0 Å². The number of nitrogens with two attached hydrogens (primary N) is 1. The Balaban J connectivity index is 0.000000921. The van der Waals surface area contributed by atoms with Gasteiger partial charge in [0.15, 0.2) is 0 Å². The van der Waals surface area contributed by atoms with Crippen molar-refractivity contribution in [2.75, 3.05) is 5.73 Å². The molecule has 0 aliphatic rings. The molecule has 15 heavy (non-hydrogen) atoms. The van der Waals surface area contributed by atoms with Crippen LogP contribution in [-0.2, 0) is 0 Å². The van der Waals surface area contributed by atoms with E-state index in [0.717, 1.165) is 5.56 Å². The third kappa shape index (κ3) is 3.74. The molecule has 0 spiro atoms. The second-order valence-corrected chi connectivity index (χ2v) is 3.63. The summed E-state index contributed by atoms with van der Waals surface area (Å²) >= 11 is 0. The van der Waals surface area contributed by atoms with E-state index in [1.807, 2.05) is 32.0 Å². The molecule has 2 nitrogen and oxygen atoms in total. The van der Waals surface area contributed by atoms with Crippen molar-refractivity contribution in [3.63, 3.8) is 0 Å². The first-order valence-electron chi connectivity index (χ1n) is 5.47. The van der Waals surface area contributed by atoms with Crippen LogP contribution >= 0.6 is 0 Å². The lowest BCUT2D eigenvalue weighted by atomic mass is 9.98. The zero-order valence-corrected chi connectivity index (χ0v) is 10.4. The molecule has 0 heterocycles. The van der Waals surface area contributed by atoms with Gasteiger partial charge in [-0.1, -0.05) is 33.8 Å². The van der Waals surface area contributed by atoms with Crippen molar-refractivity contribution in [2.45, 2.75) is 40.5 Å². The van der Waals surface area contributed by atoms with Gasteiger partial charge >= 0.3 is 0 Å². The number of hydrogen-bond donors (Lipinski definition) is 2. The van der Waals surface area contributed by atoms with Crippen molar-refractivity contribution < 1.29 is 0 Å². The summed E-state index contributed by atoms with van der Waals surface area (Å²) in [5.41, 5.74) is 9.05. The Hall–Kier alpha value is -1.31. The van der Waals surface area contributed by atoms with Crippen LogP contribution in [-0.4, -0.2) is 5.71 Å². The van der Waals surface area contributed by atoms with E-state index in [4.69, 9.17) is 11.1 Å². The number of benzene rings is 1. The number of nitrogens with one attached hydrogen (secondary N) is 1. The van der Waals surface area contributed by atoms with Crippen LogP contribution in [0.15, 0.2) is 18.2 Å². The summed E-state index contributed by atoms with van der Waals surface area (Å²) in [6, 6.07) is 5.90. The van der Waals surface area contributed by atoms with Crippen LogP contribution in [0.1, 0.15) is 51.7 Å². The van der Waals surface area contributed by atoms with E-state index in [-0.39, 0.29) is 0 Å². The topological polar surface area (TPSA) is 49.9 Å². The summed E-state index contributed by atoms with van der Waals surface area (Å²) in [5, 5.41) is 7.53. The molecule has 0 bridgehead atoms. The molecule has 0 unspecified atom stereocenters. The Morgan fingerprint density at radius 3 is 2.20 bits per heavy atom. The van der Waals surface area contributed by atoms with E-state index in [1.165, 1.54) is 5.56 Å². The Labute approximate surface area is 93.0 Å². The van der Waals surface area contributed by atoms with Gasteiger partial charge in [-0.3, -0.25) is 0 Å². The third-order valence-electron chi connectivity index (χ3n) is 2.15. The average Bonchev–Trinajstić information content (AvgIpc) is 2.20. The zero-order valence-electron chi connectivity index (χ0n) is 10.4. The molecule has 0 saturated carbocycles. The molecule has 1 aromatic carbocycles. The van der Waals surface area contributed by atoms with Crippen LogP contribution in [0.3, 0.4) is 0 Å². The average molecular weight is 206 g/mol. The molecule has 1 rings (SSSR count). The molecule has 0 radical (unpaired) electrons. The minimum atomic E-state index is 0.485. The first-order valence-corrected chi connectivity index (χ1v) is 5.47. The van der Waals surface area contributed by atoms with Crippen molar-refractivity contribution >= 4 is 11.4 Å². The van der Waals surface area contributed by atoms with Gasteiger partial charge in [-0.25, -0.2) is 0 Å². The zero-order chi connectivity index (χ0) is 12.0. The minimum Gasteiger partial charge on any atom is -0.398 e. The fourth-order valence-corrected chi connectivity index (χ4v) is 1.26. The molecule has 0 aliphatic heterocycles. The van der Waals surface area contributed by atoms with Crippen molar-refractivity contribution in [3.8, 4) is 0 Å². The second-order valence-electron chi connectivity index (χ2n) is 3.63. The van der Waals surface area contributed by atoms with E-state index in [0.29, 0.717) is 17.3 Å². The van der Waals surface area contributed by atoms with Gasteiger partial charge in [0.2, 0.25) is 0 Å². The van der Waals surface area contributed by atoms with Gasteiger partial charge in [0.05, 0.1) is 0 Å². The van der Waals surface area contributed by atoms with E-state index >= 15 is 0 Å². The van der Waals surface area contributed by atoms with Gasteiger partial charge in [0.1, 0.15) is 0 Å². The van der Waals surface area contributed by atoms with Gasteiger partial charge in [-0.2, -0.15) is 0 Å². The number of rotatable bonds is 2. The number of nitrogen functional groups attached to an aromatic ring is 1. The van der Waals surface area contributed by atoms with Crippen LogP contribution < -0.4 is 5.73 Å². The molecular formula is C13H22N2. The molecule has 0 atom stereocenters. The summed E-state index contributed by atoms with van der Waals surface area (Å²) in [6.45, 7) is 10.0. The third-order valence-corrected chi connectivity index (χ3v) is 2.15. The number of anilines is 1. The second kappa shape index (κ2) is 6.23. The quantitative estimate of drug-likeness (QED) is 0.561. The monoisotopic (exact) mass is 206 g/mol. The maximum absolute atomic E-state index is 7.53. The van der Waals surface area contributed by atoms with Gasteiger partial charge < -0.3 is 11.1 Å². The highest BCUT2D eigenvalue weighted by Gasteiger charge is 2.05. The molecule has 84 valence electrons. The lowest BCUT2D eigenvalue weighted by Gasteiger charge is -2.09. The molecule has 0 saturated heterocycles. The molecule has 2 heteroatoms. The number of hydrogen-bond acceptors (Lipinski definition) is 2. The van der Waals surface area contributed by atoms with Gasteiger partial charge in [0.25, 0.3) is 0 Å². The standard InChI is InChI=1S/C11H16N2.C2H6/c1-7(2)9-4-5-11(13)10(6-9)8(3)12;1-2/h4-7,12H,13H2,1-3H3;1-2H3. The fourth-order valence-electron chi connectivity index (χ4n) is 1.26. The van der Waals surface area contributed by atoms with Gasteiger partial charge in [-0.15, -0.1) is 0 Å². The molecule has 0 aliphatic carbocycles. The van der Waals surface area contributed by atoms with Gasteiger partial charge in [0, 0.05) is 17.0 Å². The summed E-state index contributed by atoms with van der Waals surface area (Å²) in [5.74, 6) is 0.485. The van der Waals surface area contributed by atoms with Crippen LogP contribution in [0.5, 0.6) is 0 Å². The normalized spacial score (nSPS) is 9.47. The molecule has 0 fully saturated rings. The highest BCUT2D eigenvalue weighted by atomic mass is 14.6. The van der Waals surface area contributed by atoms with Crippen molar-refractivity contribution in [2.24, 2.45) is 0 Å². The van der Waals surface area contributed by atoms with E-state index < -0.39 is 0 Å². The predicted molar refractivity (Wildman–Crippen MR) is 68.8 cm³/mol. The van der Waals surface area contributed by atoms with Gasteiger partial charge in [-0.05, 0) is 30.5 Å². The van der Waals surface area contributed by atoms with Crippen molar-refractivity contribution in [3.05, 3.63) is 29.3 Å². The Morgan fingerprint density at radius 2 is 1.80 bits per heavy atom. The molecule has 0 aromatic heterocycles. The maximum Gasteiger partial charge on any atom is 0.0405 e.